The summed E-state index contributed by atoms with van der Waals surface area (Å²) in [6.45, 7) is 3.69. The largest absolute Gasteiger partial charge is 0.366 e. The van der Waals surface area contributed by atoms with Gasteiger partial charge in [0.05, 0.1) is 10.6 Å². The molecule has 1 aliphatic heterocycles. The first kappa shape index (κ1) is 22.5. The molecule has 1 aliphatic rings. The zero-order valence-corrected chi connectivity index (χ0v) is 19.0. The first-order valence-electron chi connectivity index (χ1n) is 11.4. The van der Waals surface area contributed by atoms with Crippen LogP contribution in [-0.2, 0) is 0 Å². The van der Waals surface area contributed by atoms with Crippen LogP contribution in [0, 0.1) is 21.8 Å². The van der Waals surface area contributed by atoms with Crippen LogP contribution in [-0.4, -0.2) is 38.9 Å². The Morgan fingerprint density at radius 1 is 1.03 bits per heavy atom. The number of hydrogen-bond acceptors (Lipinski definition) is 6. The van der Waals surface area contributed by atoms with Gasteiger partial charge >= 0.3 is 0 Å². The number of nitro groups is 1. The van der Waals surface area contributed by atoms with Crippen LogP contribution in [0.25, 0.3) is 16.7 Å². The Morgan fingerprint density at radius 3 is 2.46 bits per heavy atom. The van der Waals surface area contributed by atoms with E-state index >= 15 is 0 Å². The lowest BCUT2D eigenvalue weighted by molar-refractivity contribution is -0.384. The number of nitrogens with zero attached hydrogens (tertiary/aromatic N) is 5. The molecule has 0 bridgehead atoms. The second kappa shape index (κ2) is 9.13. The predicted molar refractivity (Wildman–Crippen MR) is 130 cm³/mol. The summed E-state index contributed by atoms with van der Waals surface area (Å²) >= 11 is 0. The predicted octanol–water partition coefficient (Wildman–Crippen LogP) is 4.96. The highest BCUT2D eigenvalue weighted by Crippen LogP contribution is 2.32. The minimum Gasteiger partial charge on any atom is -0.366 e. The molecule has 1 saturated heterocycles. The zero-order chi connectivity index (χ0) is 24.5. The molecule has 5 rings (SSSR count). The van der Waals surface area contributed by atoms with Crippen LogP contribution in [0.15, 0.2) is 60.7 Å². The first-order valence-corrected chi connectivity index (χ1v) is 11.4. The number of fused-ring (bicyclic) bond motifs is 1. The van der Waals surface area contributed by atoms with E-state index in [0.717, 1.165) is 25.9 Å². The van der Waals surface area contributed by atoms with E-state index in [2.05, 4.69) is 22.4 Å². The van der Waals surface area contributed by atoms with Crippen molar-refractivity contribution in [3.05, 3.63) is 82.2 Å². The number of piperidine rings is 1. The van der Waals surface area contributed by atoms with Crippen molar-refractivity contribution >= 4 is 34.0 Å². The minimum atomic E-state index is -0.461. The van der Waals surface area contributed by atoms with Gasteiger partial charge in [0.25, 0.3) is 11.6 Å². The van der Waals surface area contributed by atoms with E-state index in [0.29, 0.717) is 34.0 Å². The van der Waals surface area contributed by atoms with E-state index < -0.39 is 10.8 Å². The fourth-order valence-corrected chi connectivity index (χ4v) is 4.21. The second-order valence-corrected chi connectivity index (χ2v) is 8.75. The number of carbonyl (C=O) groups excluding carboxylic acids is 1. The van der Waals surface area contributed by atoms with Gasteiger partial charge < -0.3 is 10.2 Å². The molecule has 4 aromatic rings. The number of nitro benzene ring substituents is 1. The maximum absolute atomic E-state index is 13.2. The molecule has 178 valence electrons. The molecular formula is C25H23FN6O3. The van der Waals surface area contributed by atoms with Crippen LogP contribution in [0.4, 0.5) is 21.5 Å². The molecule has 1 amide bonds. The number of aromatic nitrogens is 3. The van der Waals surface area contributed by atoms with E-state index in [1.54, 1.807) is 42.5 Å². The van der Waals surface area contributed by atoms with Gasteiger partial charge in [-0.2, -0.15) is 4.80 Å². The maximum Gasteiger partial charge on any atom is 0.293 e. The van der Waals surface area contributed by atoms with Crippen LogP contribution in [0.2, 0.25) is 0 Å². The molecule has 9 nitrogen and oxygen atoms in total. The van der Waals surface area contributed by atoms with Crippen molar-refractivity contribution < 1.29 is 14.1 Å². The van der Waals surface area contributed by atoms with E-state index in [-0.39, 0.29) is 17.1 Å². The van der Waals surface area contributed by atoms with Gasteiger partial charge in [-0.15, -0.1) is 10.2 Å². The Labute approximate surface area is 200 Å². The number of carbonyl (C=O) groups is 1. The molecule has 0 saturated carbocycles. The van der Waals surface area contributed by atoms with E-state index in [9.17, 15) is 19.3 Å². The van der Waals surface area contributed by atoms with Crippen molar-refractivity contribution in [2.45, 2.75) is 19.8 Å². The van der Waals surface area contributed by atoms with Gasteiger partial charge in [-0.1, -0.05) is 6.92 Å². The van der Waals surface area contributed by atoms with Gasteiger partial charge in [0.1, 0.15) is 22.5 Å². The lowest BCUT2D eigenvalue weighted by atomic mass is 9.98. The highest BCUT2D eigenvalue weighted by Gasteiger charge is 2.25. The van der Waals surface area contributed by atoms with Crippen LogP contribution in [0.1, 0.15) is 30.1 Å². The Balaban J connectivity index is 1.36. The second-order valence-electron chi connectivity index (χ2n) is 8.75. The molecule has 35 heavy (non-hydrogen) atoms. The SMILES string of the molecule is CC1CCN(c2ccc(C(=O)Nc3ccc4nn(-c5ccc(F)cc5)nc4c3)cc2[N+](=O)[O-])CC1. The van der Waals surface area contributed by atoms with Crippen LogP contribution in [0.5, 0.6) is 0 Å². The van der Waals surface area contributed by atoms with Crippen LogP contribution < -0.4 is 10.2 Å². The quantitative estimate of drug-likeness (QED) is 0.324. The molecule has 10 heteroatoms. The van der Waals surface area contributed by atoms with E-state index in [1.165, 1.54) is 23.0 Å². The average Bonchev–Trinajstić information content (AvgIpc) is 3.28. The number of amides is 1. The summed E-state index contributed by atoms with van der Waals surface area (Å²) in [6.07, 6.45) is 1.96. The Kier molecular flexibility index (Phi) is 5.86. The molecule has 0 spiro atoms. The Morgan fingerprint density at radius 2 is 1.74 bits per heavy atom. The summed E-state index contributed by atoms with van der Waals surface area (Å²) in [5.41, 5.74) is 2.87. The Bertz CT molecular complexity index is 1410. The number of nitrogens with one attached hydrogen (secondary N) is 1. The fourth-order valence-electron chi connectivity index (χ4n) is 4.21. The molecule has 1 fully saturated rings. The first-order chi connectivity index (χ1) is 16.9. The molecule has 0 radical (unpaired) electrons. The molecule has 0 aliphatic carbocycles. The fraction of sp³-hybridized carbons (Fsp3) is 0.240. The zero-order valence-electron chi connectivity index (χ0n) is 19.0. The summed E-state index contributed by atoms with van der Waals surface area (Å²) in [4.78, 5) is 27.6. The normalized spacial score (nSPS) is 14.3. The van der Waals surface area contributed by atoms with Gasteiger partial charge in [-0.3, -0.25) is 14.9 Å². The third-order valence-corrected chi connectivity index (χ3v) is 6.25. The molecule has 1 N–H and O–H groups in total. The van der Waals surface area contributed by atoms with E-state index in [4.69, 9.17) is 0 Å². The summed E-state index contributed by atoms with van der Waals surface area (Å²) in [7, 11) is 0. The van der Waals surface area contributed by atoms with Gasteiger partial charge in [-0.05, 0) is 73.4 Å². The third-order valence-electron chi connectivity index (χ3n) is 6.25. The molecular weight excluding hydrogens is 451 g/mol. The number of anilines is 2. The summed E-state index contributed by atoms with van der Waals surface area (Å²) < 4.78 is 13.2. The van der Waals surface area contributed by atoms with Gasteiger partial charge in [-0.25, -0.2) is 4.39 Å². The average molecular weight is 474 g/mol. The molecule has 3 aromatic carbocycles. The molecule has 2 heterocycles. The van der Waals surface area contributed by atoms with Crippen molar-refractivity contribution in [3.63, 3.8) is 0 Å². The van der Waals surface area contributed by atoms with Crippen molar-refractivity contribution in [2.75, 3.05) is 23.3 Å². The van der Waals surface area contributed by atoms with Crippen molar-refractivity contribution in [1.82, 2.24) is 15.0 Å². The number of benzene rings is 3. The van der Waals surface area contributed by atoms with Crippen LogP contribution in [0.3, 0.4) is 0 Å². The number of halogens is 1. The number of rotatable bonds is 5. The lowest BCUT2D eigenvalue weighted by Gasteiger charge is -2.31. The smallest absolute Gasteiger partial charge is 0.293 e. The molecule has 1 aromatic heterocycles. The summed E-state index contributed by atoms with van der Waals surface area (Å²) in [5.74, 6) is -0.212. The topological polar surface area (TPSA) is 106 Å². The highest BCUT2D eigenvalue weighted by atomic mass is 19.1. The lowest BCUT2D eigenvalue weighted by Crippen LogP contribution is -2.33. The monoisotopic (exact) mass is 474 g/mol. The van der Waals surface area contributed by atoms with Crippen molar-refractivity contribution in [1.29, 1.82) is 0 Å². The summed E-state index contributed by atoms with van der Waals surface area (Å²) in [6, 6.07) is 15.4. The van der Waals surface area contributed by atoms with Crippen molar-refractivity contribution in [2.24, 2.45) is 5.92 Å². The third kappa shape index (κ3) is 4.68. The van der Waals surface area contributed by atoms with Crippen LogP contribution >= 0.6 is 0 Å². The number of hydrogen-bond donors (Lipinski definition) is 1. The Hall–Kier alpha value is -4.34. The maximum atomic E-state index is 13.2. The van der Waals surface area contributed by atoms with E-state index in [1.807, 2.05) is 4.90 Å². The minimum absolute atomic E-state index is 0.0788. The van der Waals surface area contributed by atoms with Crippen molar-refractivity contribution in [3.8, 4) is 5.69 Å². The standard InChI is InChI=1S/C25H23FN6O3/c1-16-10-12-30(13-11-16)23-9-2-17(14-24(23)32(34)35)25(33)27-19-5-8-21-22(15-19)29-31(28-21)20-6-3-18(26)4-7-20/h2-9,14-16H,10-13H2,1H3,(H,27,33). The molecule has 0 atom stereocenters. The van der Waals surface area contributed by atoms with Gasteiger partial charge in [0.15, 0.2) is 0 Å². The van der Waals surface area contributed by atoms with Gasteiger partial charge in [0, 0.05) is 30.4 Å². The molecule has 0 unspecified atom stereocenters. The van der Waals surface area contributed by atoms with Gasteiger partial charge in [0.2, 0.25) is 0 Å². The highest BCUT2D eigenvalue weighted by molar-refractivity contribution is 6.05. The summed E-state index contributed by atoms with van der Waals surface area (Å²) in [5, 5.41) is 23.3.